The molecule has 0 bridgehead atoms. The lowest BCUT2D eigenvalue weighted by molar-refractivity contribution is 0.0950. The van der Waals surface area contributed by atoms with E-state index in [1.54, 1.807) is 35.9 Å². The maximum Gasteiger partial charge on any atom is 0.254 e. The highest BCUT2D eigenvalue weighted by molar-refractivity contribution is 5.93. The Kier molecular flexibility index (Phi) is 4.05. The number of carbonyl (C=O) groups excluding carboxylic acids is 1. The van der Waals surface area contributed by atoms with Gasteiger partial charge in [0.1, 0.15) is 11.4 Å². The van der Waals surface area contributed by atoms with Crippen molar-refractivity contribution in [2.45, 2.75) is 6.54 Å². The first kappa shape index (κ1) is 14.8. The molecular weight excluding hydrogens is 296 g/mol. The maximum atomic E-state index is 11.9. The number of hydrogen-bond donors (Lipinski definition) is 1. The molecule has 0 aliphatic carbocycles. The molecule has 2 aromatic heterocycles. The van der Waals surface area contributed by atoms with Crippen LogP contribution in [0.25, 0.3) is 5.69 Å². The van der Waals surface area contributed by atoms with Crippen molar-refractivity contribution in [2.24, 2.45) is 7.05 Å². The topological polar surface area (TPSA) is 86.9 Å². The summed E-state index contributed by atoms with van der Waals surface area (Å²) in [7, 11) is 3.38. The molecule has 0 unspecified atom stereocenters. The van der Waals surface area contributed by atoms with E-state index in [-0.39, 0.29) is 5.91 Å². The third-order valence-corrected chi connectivity index (χ3v) is 3.27. The summed E-state index contributed by atoms with van der Waals surface area (Å²) in [6.07, 6.45) is 4.94. The molecule has 1 aromatic carbocycles. The highest BCUT2D eigenvalue weighted by Gasteiger charge is 2.09. The zero-order valence-corrected chi connectivity index (χ0v) is 12.8. The first-order valence-electron chi connectivity index (χ1n) is 6.98. The van der Waals surface area contributed by atoms with E-state index in [4.69, 9.17) is 4.74 Å². The van der Waals surface area contributed by atoms with Gasteiger partial charge in [0.05, 0.1) is 37.3 Å². The Labute approximate surface area is 132 Å². The van der Waals surface area contributed by atoms with Crippen molar-refractivity contribution in [3.8, 4) is 11.4 Å². The summed E-state index contributed by atoms with van der Waals surface area (Å²) < 4.78 is 8.34. The Morgan fingerprint density at radius 2 is 2.04 bits per heavy atom. The number of amides is 1. The highest BCUT2D eigenvalue weighted by Crippen LogP contribution is 2.14. The van der Waals surface area contributed by atoms with E-state index in [9.17, 15) is 4.79 Å². The van der Waals surface area contributed by atoms with E-state index in [0.29, 0.717) is 17.8 Å². The average Bonchev–Trinajstić information content (AvgIpc) is 3.22. The monoisotopic (exact) mass is 312 g/mol. The smallest absolute Gasteiger partial charge is 0.254 e. The molecule has 23 heavy (non-hydrogen) atoms. The maximum absolute atomic E-state index is 11.9. The summed E-state index contributed by atoms with van der Waals surface area (Å²) in [5.41, 5.74) is 2.04. The number of rotatable bonds is 5. The molecule has 2 heterocycles. The van der Waals surface area contributed by atoms with Gasteiger partial charge in [0, 0.05) is 13.2 Å². The number of nitrogens with zero attached hydrogens (tertiary/aromatic N) is 5. The SMILES string of the molecule is COc1ccc(-n2cc(CNC(=O)c3cnn(C)c3)nn2)cc1. The van der Waals surface area contributed by atoms with Crippen LogP contribution in [-0.4, -0.2) is 37.8 Å². The van der Waals surface area contributed by atoms with Crippen molar-refractivity contribution < 1.29 is 9.53 Å². The quantitative estimate of drug-likeness (QED) is 0.757. The number of benzene rings is 1. The van der Waals surface area contributed by atoms with Crippen molar-refractivity contribution in [1.82, 2.24) is 30.1 Å². The fraction of sp³-hybridized carbons (Fsp3) is 0.200. The van der Waals surface area contributed by atoms with Gasteiger partial charge >= 0.3 is 0 Å². The third kappa shape index (κ3) is 3.37. The molecule has 0 radical (unpaired) electrons. The highest BCUT2D eigenvalue weighted by atomic mass is 16.5. The van der Waals surface area contributed by atoms with Gasteiger partial charge in [-0.3, -0.25) is 9.48 Å². The van der Waals surface area contributed by atoms with Gasteiger partial charge in [-0.1, -0.05) is 5.21 Å². The molecule has 1 amide bonds. The molecular formula is C15H16N6O2. The number of ether oxygens (including phenoxy) is 1. The van der Waals surface area contributed by atoms with Crippen molar-refractivity contribution in [1.29, 1.82) is 0 Å². The summed E-state index contributed by atoms with van der Waals surface area (Å²) in [4.78, 5) is 11.9. The van der Waals surface area contributed by atoms with Crippen LogP contribution in [0.3, 0.4) is 0 Å². The van der Waals surface area contributed by atoms with Gasteiger partial charge in [0.2, 0.25) is 0 Å². The fourth-order valence-corrected chi connectivity index (χ4v) is 2.05. The van der Waals surface area contributed by atoms with E-state index in [0.717, 1.165) is 11.4 Å². The second kappa shape index (κ2) is 6.30. The Morgan fingerprint density at radius 1 is 1.26 bits per heavy atom. The molecule has 0 saturated heterocycles. The first-order chi connectivity index (χ1) is 11.2. The normalized spacial score (nSPS) is 10.5. The van der Waals surface area contributed by atoms with Crippen LogP contribution >= 0.6 is 0 Å². The van der Waals surface area contributed by atoms with E-state index < -0.39 is 0 Å². The minimum Gasteiger partial charge on any atom is -0.497 e. The standard InChI is InChI=1S/C15H16N6O2/c1-20-9-11(7-17-20)15(22)16-8-12-10-21(19-18-12)13-3-5-14(23-2)6-4-13/h3-7,9-10H,8H2,1-2H3,(H,16,22). The summed E-state index contributed by atoms with van der Waals surface area (Å²) in [5, 5.41) is 14.9. The largest absolute Gasteiger partial charge is 0.497 e. The van der Waals surface area contributed by atoms with Crippen LogP contribution in [0.2, 0.25) is 0 Å². The fourth-order valence-electron chi connectivity index (χ4n) is 2.05. The molecule has 1 N–H and O–H groups in total. The lowest BCUT2D eigenvalue weighted by atomic mass is 10.3. The van der Waals surface area contributed by atoms with Crippen LogP contribution in [0, 0.1) is 0 Å². The minimum absolute atomic E-state index is 0.197. The zero-order chi connectivity index (χ0) is 16.2. The number of aryl methyl sites for hydroxylation is 1. The van der Waals surface area contributed by atoms with Crippen molar-refractivity contribution in [3.05, 3.63) is 54.1 Å². The lowest BCUT2D eigenvalue weighted by Gasteiger charge is -2.02. The Bertz CT molecular complexity index is 805. The van der Waals surface area contributed by atoms with Crippen LogP contribution in [0.5, 0.6) is 5.75 Å². The predicted octanol–water partition coefficient (Wildman–Crippen LogP) is 0.939. The van der Waals surface area contributed by atoms with Crippen molar-refractivity contribution in [3.63, 3.8) is 0 Å². The molecule has 3 rings (SSSR count). The van der Waals surface area contributed by atoms with Gasteiger partial charge in [-0.25, -0.2) is 4.68 Å². The van der Waals surface area contributed by atoms with Gasteiger partial charge in [-0.2, -0.15) is 5.10 Å². The molecule has 3 aromatic rings. The molecule has 0 saturated carbocycles. The number of carbonyl (C=O) groups is 1. The first-order valence-corrected chi connectivity index (χ1v) is 6.98. The predicted molar refractivity (Wildman–Crippen MR) is 82.3 cm³/mol. The molecule has 8 heteroatoms. The Balaban J connectivity index is 1.63. The average molecular weight is 312 g/mol. The van der Waals surface area contributed by atoms with Crippen LogP contribution in [0.15, 0.2) is 42.9 Å². The number of aromatic nitrogens is 5. The van der Waals surface area contributed by atoms with Crippen molar-refractivity contribution in [2.75, 3.05) is 7.11 Å². The van der Waals surface area contributed by atoms with Crippen LogP contribution in [-0.2, 0) is 13.6 Å². The number of hydrogen-bond acceptors (Lipinski definition) is 5. The van der Waals surface area contributed by atoms with E-state index in [1.807, 2.05) is 24.3 Å². The molecule has 118 valence electrons. The minimum atomic E-state index is -0.197. The summed E-state index contributed by atoms with van der Waals surface area (Å²) in [6.45, 7) is 0.296. The van der Waals surface area contributed by atoms with Crippen LogP contribution < -0.4 is 10.1 Å². The van der Waals surface area contributed by atoms with E-state index in [1.165, 1.54) is 6.20 Å². The number of nitrogens with one attached hydrogen (secondary N) is 1. The number of methoxy groups -OCH3 is 1. The van der Waals surface area contributed by atoms with E-state index >= 15 is 0 Å². The van der Waals surface area contributed by atoms with Crippen LogP contribution in [0.4, 0.5) is 0 Å². The summed E-state index contributed by atoms with van der Waals surface area (Å²) in [6, 6.07) is 7.46. The zero-order valence-electron chi connectivity index (χ0n) is 12.8. The van der Waals surface area contributed by atoms with Gasteiger partial charge < -0.3 is 10.1 Å². The third-order valence-electron chi connectivity index (χ3n) is 3.27. The lowest BCUT2D eigenvalue weighted by Crippen LogP contribution is -2.22. The summed E-state index contributed by atoms with van der Waals surface area (Å²) >= 11 is 0. The van der Waals surface area contributed by atoms with Crippen LogP contribution in [0.1, 0.15) is 16.1 Å². The van der Waals surface area contributed by atoms with Gasteiger partial charge in [-0.15, -0.1) is 5.10 Å². The summed E-state index contributed by atoms with van der Waals surface area (Å²) in [5.74, 6) is 0.579. The van der Waals surface area contributed by atoms with E-state index in [2.05, 4.69) is 20.7 Å². The van der Waals surface area contributed by atoms with Gasteiger partial charge in [0.15, 0.2) is 0 Å². The molecule has 0 aliphatic heterocycles. The Morgan fingerprint density at radius 3 is 2.70 bits per heavy atom. The second-order valence-corrected chi connectivity index (χ2v) is 4.94. The molecule has 0 atom stereocenters. The molecule has 0 fully saturated rings. The van der Waals surface area contributed by atoms with Gasteiger partial charge in [0.25, 0.3) is 5.91 Å². The molecule has 0 aliphatic rings. The molecule has 0 spiro atoms. The van der Waals surface area contributed by atoms with Crippen molar-refractivity contribution >= 4 is 5.91 Å². The Hall–Kier alpha value is -3.16. The second-order valence-electron chi connectivity index (χ2n) is 4.94. The van der Waals surface area contributed by atoms with Gasteiger partial charge in [-0.05, 0) is 24.3 Å². The molecule has 8 nitrogen and oxygen atoms in total.